The second kappa shape index (κ2) is 11.2. The highest BCUT2D eigenvalue weighted by molar-refractivity contribution is 14.1. The van der Waals surface area contributed by atoms with Gasteiger partial charge in [-0.15, -0.1) is 0 Å². The van der Waals surface area contributed by atoms with Crippen LogP contribution in [0.15, 0.2) is 0 Å². The molecule has 0 aliphatic heterocycles. The van der Waals surface area contributed by atoms with Crippen molar-refractivity contribution in [3.8, 4) is 0 Å². The predicted molar refractivity (Wildman–Crippen MR) is 100 cm³/mol. The third-order valence-corrected chi connectivity index (χ3v) is 6.58. The summed E-state index contributed by atoms with van der Waals surface area (Å²) in [5.74, 6) is -17.0. The summed E-state index contributed by atoms with van der Waals surface area (Å²) in [6.07, 6.45) is -9.76. The largest absolute Gasteiger partial charge is 0.460 e. The van der Waals surface area contributed by atoms with Crippen LogP contribution in [0.3, 0.4) is 0 Å². The molecular weight excluding hydrogens is 552 g/mol. The van der Waals surface area contributed by atoms with Crippen molar-refractivity contribution in [3.05, 3.63) is 0 Å². The van der Waals surface area contributed by atoms with Gasteiger partial charge in [-0.3, -0.25) is 0 Å². The summed E-state index contributed by atoms with van der Waals surface area (Å²) in [6, 6.07) is 0. The molecule has 182 valence electrons. The van der Waals surface area contributed by atoms with Gasteiger partial charge in [0.25, 0.3) is 5.67 Å². The molecule has 12 heteroatoms. The lowest BCUT2D eigenvalue weighted by atomic mass is 9.75. The molecule has 0 radical (unpaired) electrons. The number of alkyl halides is 12. The fraction of sp³-hybridized carbons (Fsp3) is 1.00. The summed E-state index contributed by atoms with van der Waals surface area (Å²) in [6.45, 7) is 2.84. The Morgan fingerprint density at radius 2 is 1.03 bits per heavy atom. The summed E-state index contributed by atoms with van der Waals surface area (Å²) < 4.78 is 145. The first-order valence-electron chi connectivity index (χ1n) is 9.65. The van der Waals surface area contributed by atoms with E-state index in [0.717, 1.165) is 32.6 Å². The van der Waals surface area contributed by atoms with Crippen LogP contribution in [-0.2, 0) is 0 Å². The Kier molecular flexibility index (Phi) is 11.2. The molecule has 0 rings (SSSR count). The van der Waals surface area contributed by atoms with E-state index in [1.165, 1.54) is 22.6 Å². The molecule has 30 heavy (non-hydrogen) atoms. The number of hydrogen-bond acceptors (Lipinski definition) is 0. The fourth-order valence-corrected chi connectivity index (χ4v) is 4.76. The summed E-state index contributed by atoms with van der Waals surface area (Å²) in [7, 11) is 0. The third-order valence-electron chi connectivity index (χ3n) is 5.09. The average Bonchev–Trinajstić information content (AvgIpc) is 2.59. The van der Waals surface area contributed by atoms with Crippen LogP contribution >= 0.6 is 22.6 Å². The van der Waals surface area contributed by atoms with Gasteiger partial charge in [0.05, 0.1) is 0 Å². The van der Waals surface area contributed by atoms with Crippen LogP contribution in [0.2, 0.25) is 0 Å². The molecule has 0 heterocycles. The number of halogens is 12. The van der Waals surface area contributed by atoms with Gasteiger partial charge < -0.3 is 0 Å². The van der Waals surface area contributed by atoms with Crippen molar-refractivity contribution in [1.82, 2.24) is 0 Å². The minimum absolute atomic E-state index is 0.214. The molecule has 0 saturated carbocycles. The van der Waals surface area contributed by atoms with E-state index in [9.17, 15) is 48.3 Å². The van der Waals surface area contributed by atoms with Crippen LogP contribution in [0.4, 0.5) is 48.3 Å². The number of hydrogen-bond donors (Lipinski definition) is 0. The molecule has 0 bridgehead atoms. The highest BCUT2D eigenvalue weighted by Gasteiger charge is 2.88. The van der Waals surface area contributed by atoms with E-state index in [0.29, 0.717) is 12.8 Å². The molecule has 0 aliphatic rings. The molecule has 0 aromatic rings. The van der Waals surface area contributed by atoms with E-state index in [-0.39, 0.29) is 12.8 Å². The molecular formula is C18H26F11I. The monoisotopic (exact) mass is 578 g/mol. The zero-order valence-electron chi connectivity index (χ0n) is 16.6. The zero-order valence-corrected chi connectivity index (χ0v) is 18.7. The lowest BCUT2D eigenvalue weighted by molar-refractivity contribution is -0.419. The minimum Gasteiger partial charge on any atom is -0.226 e. The lowest BCUT2D eigenvalue weighted by Gasteiger charge is -2.44. The third kappa shape index (κ3) is 6.26. The molecule has 0 aromatic heterocycles. The van der Waals surface area contributed by atoms with Gasteiger partial charge in [-0.25, -0.2) is 4.39 Å². The van der Waals surface area contributed by atoms with Gasteiger partial charge in [-0.2, -0.15) is 43.9 Å². The first kappa shape index (κ1) is 30.0. The summed E-state index contributed by atoms with van der Waals surface area (Å²) >= 11 is 1.23. The summed E-state index contributed by atoms with van der Waals surface area (Å²) in [4.78, 5) is 0. The molecule has 3 unspecified atom stereocenters. The van der Waals surface area contributed by atoms with Gasteiger partial charge >= 0.3 is 24.2 Å². The second-order valence-corrected chi connectivity index (χ2v) is 8.90. The molecule has 0 N–H and O–H groups in total. The van der Waals surface area contributed by atoms with Gasteiger partial charge in [-0.05, 0) is 12.8 Å². The van der Waals surface area contributed by atoms with E-state index in [2.05, 4.69) is 0 Å². The quantitative estimate of drug-likeness (QED) is 0.0886. The highest BCUT2D eigenvalue weighted by Crippen LogP contribution is 2.61. The van der Waals surface area contributed by atoms with Crippen LogP contribution in [0.1, 0.15) is 71.6 Å². The molecule has 0 aliphatic carbocycles. The van der Waals surface area contributed by atoms with Crippen LogP contribution < -0.4 is 0 Å². The van der Waals surface area contributed by atoms with Crippen LogP contribution in [-0.4, -0.2) is 33.8 Å². The molecule has 0 aromatic carbocycles. The maximum atomic E-state index is 14.9. The number of rotatable bonds is 13. The number of unbranched alkanes of at least 4 members (excludes halogenated alkanes) is 6. The molecule has 0 amide bonds. The van der Waals surface area contributed by atoms with Crippen molar-refractivity contribution >= 4 is 22.6 Å². The average molecular weight is 578 g/mol. The van der Waals surface area contributed by atoms with E-state index in [4.69, 9.17) is 0 Å². The fourth-order valence-electron chi connectivity index (χ4n) is 3.31. The lowest BCUT2D eigenvalue weighted by Crippen LogP contribution is -2.71. The molecule has 3 atom stereocenters. The summed E-state index contributed by atoms with van der Waals surface area (Å²) in [5, 5.41) is 0. The van der Waals surface area contributed by atoms with Crippen LogP contribution in [0.25, 0.3) is 0 Å². The standard InChI is InChI=1S/C18H26F11I/c1-3-5-6-7-8-9-10-11-13(30)12(4-2)14(19,17(24,25)26)15(20,21)16(22,23)18(27,28)29/h12-13H,3-11H2,1-2H3. The van der Waals surface area contributed by atoms with Crippen LogP contribution in [0, 0.1) is 5.92 Å². The van der Waals surface area contributed by atoms with Crippen molar-refractivity contribution in [3.63, 3.8) is 0 Å². The van der Waals surface area contributed by atoms with Gasteiger partial charge in [0, 0.05) is 9.84 Å². The first-order valence-corrected chi connectivity index (χ1v) is 10.9. The topological polar surface area (TPSA) is 0 Å². The normalized spacial score (nSPS) is 18.2. The SMILES string of the molecule is CCCCCCCCCC(I)C(CC)C(F)(C(F)(F)F)C(F)(F)C(F)(F)C(F)(F)F. The Hall–Kier alpha value is -0.0400. The van der Waals surface area contributed by atoms with Crippen molar-refractivity contribution in [2.45, 2.75) is 105 Å². The van der Waals surface area contributed by atoms with Gasteiger partial charge in [0.1, 0.15) is 0 Å². The summed E-state index contributed by atoms with van der Waals surface area (Å²) in [5.41, 5.74) is -6.05. The van der Waals surface area contributed by atoms with Gasteiger partial charge in [0.2, 0.25) is 0 Å². The maximum Gasteiger partial charge on any atom is 0.460 e. The smallest absolute Gasteiger partial charge is 0.226 e. The van der Waals surface area contributed by atoms with E-state index in [1.807, 2.05) is 6.92 Å². The highest BCUT2D eigenvalue weighted by atomic mass is 127. The maximum absolute atomic E-state index is 14.9. The first-order chi connectivity index (χ1) is 13.4. The van der Waals surface area contributed by atoms with E-state index >= 15 is 0 Å². The van der Waals surface area contributed by atoms with Gasteiger partial charge in [0.15, 0.2) is 0 Å². The van der Waals surface area contributed by atoms with Crippen molar-refractivity contribution in [2.24, 2.45) is 5.92 Å². The van der Waals surface area contributed by atoms with E-state index < -0.39 is 46.1 Å². The second-order valence-electron chi connectivity index (χ2n) is 7.30. The Morgan fingerprint density at radius 1 is 0.600 bits per heavy atom. The Bertz CT molecular complexity index is 501. The van der Waals surface area contributed by atoms with Crippen molar-refractivity contribution in [1.29, 1.82) is 0 Å². The molecule has 0 saturated heterocycles. The molecule has 0 nitrogen and oxygen atoms in total. The molecule has 0 fully saturated rings. The van der Waals surface area contributed by atoms with E-state index in [1.54, 1.807) is 0 Å². The van der Waals surface area contributed by atoms with Crippen molar-refractivity contribution < 1.29 is 48.3 Å². The Morgan fingerprint density at radius 3 is 1.40 bits per heavy atom. The zero-order chi connectivity index (χ0) is 24.0. The minimum atomic E-state index is -7.20. The molecule has 0 spiro atoms. The Balaban J connectivity index is 5.66. The van der Waals surface area contributed by atoms with Crippen molar-refractivity contribution in [2.75, 3.05) is 0 Å². The Labute approximate surface area is 182 Å². The van der Waals surface area contributed by atoms with Crippen LogP contribution in [0.5, 0.6) is 0 Å². The van der Waals surface area contributed by atoms with Gasteiger partial charge in [-0.1, -0.05) is 81.4 Å². The predicted octanol–water partition coefficient (Wildman–Crippen LogP) is 9.06.